The van der Waals surface area contributed by atoms with Gasteiger partial charge in [-0.05, 0) is 57.5 Å². The van der Waals surface area contributed by atoms with Gasteiger partial charge in [-0.1, -0.05) is 6.07 Å². The minimum absolute atomic E-state index is 0.125. The zero-order chi connectivity index (χ0) is 19.1. The predicted octanol–water partition coefficient (Wildman–Crippen LogP) is 4.58. The van der Waals surface area contributed by atoms with E-state index < -0.39 is 11.7 Å². The van der Waals surface area contributed by atoms with Gasteiger partial charge in [0.05, 0.1) is 25.5 Å². The highest BCUT2D eigenvalue weighted by atomic mass is 19.1. The number of nitrogens with one attached hydrogen (secondary N) is 1. The minimum Gasteiger partial charge on any atom is -0.490 e. The summed E-state index contributed by atoms with van der Waals surface area (Å²) in [6.45, 7) is 8.60. The van der Waals surface area contributed by atoms with Crippen LogP contribution in [0.4, 0.5) is 10.1 Å². The molecule has 6 heteroatoms. The molecule has 2 aromatic carbocycles. The van der Waals surface area contributed by atoms with Crippen LogP contribution in [0.5, 0.6) is 17.2 Å². The molecule has 0 fully saturated rings. The fourth-order valence-electron chi connectivity index (χ4n) is 2.45. The molecule has 1 amide bonds. The molecular weight excluding hydrogens is 337 g/mol. The Balaban J connectivity index is 2.40. The van der Waals surface area contributed by atoms with Crippen LogP contribution in [0.3, 0.4) is 0 Å². The number of carbonyl (C=O) groups excluding carboxylic acids is 1. The van der Waals surface area contributed by atoms with Crippen LogP contribution in [-0.2, 0) is 0 Å². The van der Waals surface area contributed by atoms with Crippen molar-refractivity contribution in [3.63, 3.8) is 0 Å². The molecule has 0 saturated carbocycles. The summed E-state index contributed by atoms with van der Waals surface area (Å²) in [4.78, 5) is 12.6. The lowest BCUT2D eigenvalue weighted by molar-refractivity contribution is 0.102. The number of carbonyl (C=O) groups is 1. The Bertz CT molecular complexity index is 749. The van der Waals surface area contributed by atoms with Crippen molar-refractivity contribution in [3.8, 4) is 17.2 Å². The van der Waals surface area contributed by atoms with Crippen molar-refractivity contribution in [2.45, 2.75) is 27.7 Å². The fourth-order valence-corrected chi connectivity index (χ4v) is 2.45. The van der Waals surface area contributed by atoms with Gasteiger partial charge in [-0.3, -0.25) is 4.79 Å². The first-order chi connectivity index (χ1) is 12.5. The molecule has 0 spiro atoms. The first-order valence-electron chi connectivity index (χ1n) is 8.64. The summed E-state index contributed by atoms with van der Waals surface area (Å²) < 4.78 is 30.7. The molecule has 0 heterocycles. The van der Waals surface area contributed by atoms with Crippen molar-refractivity contribution < 1.29 is 23.4 Å². The third-order valence-corrected chi connectivity index (χ3v) is 3.54. The van der Waals surface area contributed by atoms with Gasteiger partial charge in [0.1, 0.15) is 5.82 Å². The largest absolute Gasteiger partial charge is 0.490 e. The monoisotopic (exact) mass is 361 g/mol. The third-order valence-electron chi connectivity index (χ3n) is 3.54. The molecule has 0 saturated heterocycles. The number of rotatable bonds is 8. The average molecular weight is 361 g/mol. The molecule has 2 rings (SSSR count). The minimum atomic E-state index is -0.495. The van der Waals surface area contributed by atoms with Crippen LogP contribution >= 0.6 is 0 Å². The Morgan fingerprint density at radius 1 is 0.962 bits per heavy atom. The van der Waals surface area contributed by atoms with Crippen molar-refractivity contribution in [3.05, 3.63) is 47.3 Å². The summed E-state index contributed by atoms with van der Waals surface area (Å²) >= 11 is 0. The quantitative estimate of drug-likeness (QED) is 0.748. The van der Waals surface area contributed by atoms with Crippen molar-refractivity contribution in [1.29, 1.82) is 0 Å². The van der Waals surface area contributed by atoms with Gasteiger partial charge in [-0.15, -0.1) is 0 Å². The number of anilines is 1. The average Bonchev–Trinajstić information content (AvgIpc) is 2.61. The van der Waals surface area contributed by atoms with E-state index in [1.807, 2.05) is 27.7 Å². The lowest BCUT2D eigenvalue weighted by atomic mass is 10.1. The zero-order valence-corrected chi connectivity index (χ0v) is 15.5. The summed E-state index contributed by atoms with van der Waals surface area (Å²) in [6.07, 6.45) is 0. The summed E-state index contributed by atoms with van der Waals surface area (Å²) in [5.74, 6) is 0.323. The van der Waals surface area contributed by atoms with Gasteiger partial charge in [-0.25, -0.2) is 4.39 Å². The third kappa shape index (κ3) is 4.65. The van der Waals surface area contributed by atoms with Gasteiger partial charge in [0, 0.05) is 5.56 Å². The first-order valence-corrected chi connectivity index (χ1v) is 8.64. The molecule has 1 N–H and O–H groups in total. The van der Waals surface area contributed by atoms with E-state index in [4.69, 9.17) is 14.2 Å². The number of hydrogen-bond donors (Lipinski definition) is 1. The van der Waals surface area contributed by atoms with E-state index in [0.29, 0.717) is 42.6 Å². The van der Waals surface area contributed by atoms with E-state index >= 15 is 0 Å². The number of aryl methyl sites for hydroxylation is 1. The molecule has 0 aliphatic rings. The van der Waals surface area contributed by atoms with Gasteiger partial charge in [0.25, 0.3) is 5.91 Å². The lowest BCUT2D eigenvalue weighted by Gasteiger charge is -2.17. The van der Waals surface area contributed by atoms with Gasteiger partial charge in [0.2, 0.25) is 5.75 Å². The number of hydrogen-bond acceptors (Lipinski definition) is 4. The highest BCUT2D eigenvalue weighted by Gasteiger charge is 2.19. The smallest absolute Gasteiger partial charge is 0.256 e. The Kier molecular flexibility index (Phi) is 6.83. The molecule has 26 heavy (non-hydrogen) atoms. The Morgan fingerprint density at radius 3 is 2.08 bits per heavy atom. The lowest BCUT2D eigenvalue weighted by Crippen LogP contribution is -2.14. The predicted molar refractivity (Wildman–Crippen MR) is 99.0 cm³/mol. The summed E-state index contributed by atoms with van der Waals surface area (Å²) in [5.41, 5.74) is 1.26. The maximum Gasteiger partial charge on any atom is 0.256 e. The van der Waals surface area contributed by atoms with Crippen molar-refractivity contribution in [2.75, 3.05) is 25.1 Å². The molecule has 0 aromatic heterocycles. The van der Waals surface area contributed by atoms with Crippen LogP contribution < -0.4 is 19.5 Å². The van der Waals surface area contributed by atoms with E-state index in [1.54, 1.807) is 24.3 Å². The Morgan fingerprint density at radius 2 is 1.54 bits per heavy atom. The molecule has 0 radical (unpaired) electrons. The van der Waals surface area contributed by atoms with E-state index in [-0.39, 0.29) is 5.69 Å². The molecule has 0 unspecified atom stereocenters. The number of halogens is 1. The number of benzene rings is 2. The summed E-state index contributed by atoms with van der Waals surface area (Å²) in [6, 6.07) is 7.68. The van der Waals surface area contributed by atoms with Gasteiger partial charge < -0.3 is 19.5 Å². The van der Waals surface area contributed by atoms with E-state index in [0.717, 1.165) is 5.56 Å². The molecule has 0 bridgehead atoms. The van der Waals surface area contributed by atoms with Crippen LogP contribution in [0.25, 0.3) is 0 Å². The maximum absolute atomic E-state index is 13.9. The van der Waals surface area contributed by atoms with Crippen LogP contribution in [-0.4, -0.2) is 25.7 Å². The first kappa shape index (κ1) is 19.6. The topological polar surface area (TPSA) is 56.8 Å². The molecule has 2 aromatic rings. The summed E-state index contributed by atoms with van der Waals surface area (Å²) in [5, 5.41) is 2.59. The highest BCUT2D eigenvalue weighted by Crippen LogP contribution is 2.39. The molecule has 0 aliphatic carbocycles. The number of amides is 1. The Hall–Kier alpha value is -2.76. The van der Waals surface area contributed by atoms with Gasteiger partial charge in [-0.2, -0.15) is 0 Å². The van der Waals surface area contributed by atoms with Crippen molar-refractivity contribution in [2.24, 2.45) is 0 Å². The maximum atomic E-state index is 13.9. The normalized spacial score (nSPS) is 10.3. The van der Waals surface area contributed by atoms with Crippen LogP contribution in [0.1, 0.15) is 36.7 Å². The standard InChI is InChI=1S/C20H24FNO4/c1-5-24-17-11-14(12-18(25-6-2)19(17)26-7-3)20(23)22-16-10-13(4)8-9-15(16)21/h8-12H,5-7H2,1-4H3,(H,22,23). The van der Waals surface area contributed by atoms with Crippen LogP contribution in [0, 0.1) is 12.7 Å². The number of ether oxygens (including phenoxy) is 3. The highest BCUT2D eigenvalue weighted by molar-refractivity contribution is 6.05. The van der Waals surface area contributed by atoms with E-state index in [2.05, 4.69) is 5.32 Å². The molecule has 0 aliphatic heterocycles. The molecule has 140 valence electrons. The second-order valence-electron chi connectivity index (χ2n) is 5.54. The molecular formula is C20H24FNO4. The SMILES string of the molecule is CCOc1cc(C(=O)Nc2cc(C)ccc2F)cc(OCC)c1OCC. The summed E-state index contributed by atoms with van der Waals surface area (Å²) in [7, 11) is 0. The fraction of sp³-hybridized carbons (Fsp3) is 0.350. The molecule has 0 atom stereocenters. The van der Waals surface area contributed by atoms with Crippen molar-refractivity contribution in [1.82, 2.24) is 0 Å². The van der Waals surface area contributed by atoms with Crippen molar-refractivity contribution >= 4 is 11.6 Å². The van der Waals surface area contributed by atoms with Gasteiger partial charge >= 0.3 is 0 Å². The Labute approximate surface area is 153 Å². The zero-order valence-electron chi connectivity index (χ0n) is 15.5. The van der Waals surface area contributed by atoms with Crippen LogP contribution in [0.2, 0.25) is 0 Å². The van der Waals surface area contributed by atoms with E-state index in [1.165, 1.54) is 6.07 Å². The second-order valence-corrected chi connectivity index (χ2v) is 5.54. The van der Waals surface area contributed by atoms with E-state index in [9.17, 15) is 9.18 Å². The molecule has 5 nitrogen and oxygen atoms in total. The van der Waals surface area contributed by atoms with Gasteiger partial charge in [0.15, 0.2) is 11.5 Å². The second kappa shape index (κ2) is 9.08. The van der Waals surface area contributed by atoms with Crippen LogP contribution in [0.15, 0.2) is 30.3 Å².